The van der Waals surface area contributed by atoms with E-state index < -0.39 is 0 Å². The smallest absolute Gasteiger partial charge is 0.0701 e. The van der Waals surface area contributed by atoms with Gasteiger partial charge in [-0.25, -0.2) is 0 Å². The van der Waals surface area contributed by atoms with E-state index in [1.54, 1.807) is 11.3 Å². The van der Waals surface area contributed by atoms with Gasteiger partial charge in [0.25, 0.3) is 0 Å². The Kier molecular flexibility index (Phi) is 3.55. The first-order chi connectivity index (χ1) is 5.18. The van der Waals surface area contributed by atoms with Crippen LogP contribution in [0.4, 0.5) is 0 Å². The van der Waals surface area contributed by atoms with E-state index in [-0.39, 0.29) is 6.10 Å². The summed E-state index contributed by atoms with van der Waals surface area (Å²) in [6.07, 6.45) is 1.64. The number of thiophene rings is 1. The van der Waals surface area contributed by atoms with E-state index in [1.807, 2.05) is 6.92 Å². The van der Waals surface area contributed by atoms with E-state index in [4.69, 9.17) is 5.11 Å². The Bertz CT molecular complexity index is 220. The molecule has 1 rings (SSSR count). The van der Waals surface area contributed by atoms with Gasteiger partial charge in [-0.1, -0.05) is 0 Å². The molecule has 1 nitrogen and oxygen atoms in total. The summed E-state index contributed by atoms with van der Waals surface area (Å²) < 4.78 is 1.16. The summed E-state index contributed by atoms with van der Waals surface area (Å²) >= 11 is 5.09. The summed E-state index contributed by atoms with van der Waals surface area (Å²) in [5, 5.41) is 11.1. The van der Waals surface area contributed by atoms with Gasteiger partial charge in [0, 0.05) is 0 Å². The number of aliphatic hydroxyl groups is 1. The molecule has 3 heteroatoms. The van der Waals surface area contributed by atoms with Crippen LogP contribution in [0.3, 0.4) is 0 Å². The molecule has 1 atom stereocenters. The lowest BCUT2D eigenvalue weighted by atomic mass is 10.1. The molecule has 1 aromatic rings. The Hall–Kier alpha value is 0.140. The Labute approximate surface area is 79.2 Å². The highest BCUT2D eigenvalue weighted by molar-refractivity contribution is 9.11. The van der Waals surface area contributed by atoms with E-state index in [0.29, 0.717) is 0 Å². The van der Waals surface area contributed by atoms with E-state index in [9.17, 15) is 0 Å². The van der Waals surface area contributed by atoms with Crippen LogP contribution in [0.2, 0.25) is 0 Å². The predicted molar refractivity (Wildman–Crippen MR) is 52.0 cm³/mol. The average molecular weight is 235 g/mol. The molecule has 0 aliphatic heterocycles. The number of halogens is 1. The molecule has 0 fully saturated rings. The molecule has 0 saturated carbocycles. The van der Waals surface area contributed by atoms with Gasteiger partial charge in [-0.05, 0) is 52.7 Å². The molecular weight excluding hydrogens is 224 g/mol. The molecule has 0 aromatic carbocycles. The second-order valence-corrected chi connectivity index (χ2v) is 4.94. The van der Waals surface area contributed by atoms with Crippen LogP contribution < -0.4 is 0 Å². The fraction of sp³-hybridized carbons (Fsp3) is 0.500. The number of aryl methyl sites for hydroxylation is 1. The third kappa shape index (κ3) is 3.36. The third-order valence-corrected chi connectivity index (χ3v) is 3.03. The molecule has 0 radical (unpaired) electrons. The Morgan fingerprint density at radius 1 is 1.73 bits per heavy atom. The first kappa shape index (κ1) is 9.23. The van der Waals surface area contributed by atoms with Crippen molar-refractivity contribution >= 4 is 27.3 Å². The second kappa shape index (κ2) is 4.24. The van der Waals surface area contributed by atoms with Gasteiger partial charge in [-0.2, -0.15) is 0 Å². The summed E-state index contributed by atoms with van der Waals surface area (Å²) in [5.41, 5.74) is 1.31. The first-order valence-corrected chi connectivity index (χ1v) is 5.26. The van der Waals surface area contributed by atoms with Crippen LogP contribution in [0.5, 0.6) is 0 Å². The maximum absolute atomic E-state index is 9.01. The summed E-state index contributed by atoms with van der Waals surface area (Å²) in [7, 11) is 0. The van der Waals surface area contributed by atoms with Crippen LogP contribution in [0.25, 0.3) is 0 Å². The highest BCUT2D eigenvalue weighted by Crippen LogP contribution is 2.21. The quantitative estimate of drug-likeness (QED) is 0.854. The largest absolute Gasteiger partial charge is 0.393 e. The van der Waals surface area contributed by atoms with E-state index in [1.165, 1.54) is 5.56 Å². The van der Waals surface area contributed by atoms with Crippen molar-refractivity contribution in [2.24, 2.45) is 0 Å². The van der Waals surface area contributed by atoms with Gasteiger partial charge in [0.1, 0.15) is 0 Å². The molecule has 0 aliphatic rings. The van der Waals surface area contributed by atoms with Gasteiger partial charge >= 0.3 is 0 Å². The number of hydrogen-bond donors (Lipinski definition) is 1. The SMILES string of the molecule is C[C@@H](O)CCc1csc(Br)c1. The Morgan fingerprint density at radius 3 is 2.91 bits per heavy atom. The Morgan fingerprint density at radius 2 is 2.45 bits per heavy atom. The maximum atomic E-state index is 9.01. The maximum Gasteiger partial charge on any atom is 0.0701 e. The van der Waals surface area contributed by atoms with Crippen LogP contribution in [-0.2, 0) is 6.42 Å². The molecule has 0 amide bonds. The summed E-state index contributed by atoms with van der Waals surface area (Å²) in [4.78, 5) is 0. The minimum absolute atomic E-state index is 0.186. The fourth-order valence-electron chi connectivity index (χ4n) is 0.852. The predicted octanol–water partition coefficient (Wildman–Crippen LogP) is 2.82. The molecule has 1 aromatic heterocycles. The molecular formula is C8H11BrOS. The van der Waals surface area contributed by atoms with Crippen molar-refractivity contribution in [2.45, 2.75) is 25.9 Å². The topological polar surface area (TPSA) is 20.2 Å². The normalized spacial score (nSPS) is 13.4. The van der Waals surface area contributed by atoms with Crippen LogP contribution >= 0.6 is 27.3 Å². The van der Waals surface area contributed by atoms with E-state index in [2.05, 4.69) is 27.4 Å². The Balaban J connectivity index is 2.39. The minimum atomic E-state index is -0.186. The van der Waals surface area contributed by atoms with Gasteiger partial charge in [0.2, 0.25) is 0 Å². The van der Waals surface area contributed by atoms with Crippen LogP contribution in [-0.4, -0.2) is 11.2 Å². The zero-order valence-corrected chi connectivity index (χ0v) is 8.78. The first-order valence-electron chi connectivity index (χ1n) is 3.59. The van der Waals surface area contributed by atoms with Crippen molar-refractivity contribution in [1.82, 2.24) is 0 Å². The monoisotopic (exact) mass is 234 g/mol. The molecule has 1 heterocycles. The van der Waals surface area contributed by atoms with Gasteiger partial charge in [0.05, 0.1) is 9.89 Å². The lowest BCUT2D eigenvalue weighted by Crippen LogP contribution is -2.00. The second-order valence-electron chi connectivity index (χ2n) is 2.65. The minimum Gasteiger partial charge on any atom is -0.393 e. The molecule has 62 valence electrons. The molecule has 1 N–H and O–H groups in total. The van der Waals surface area contributed by atoms with Crippen molar-refractivity contribution in [2.75, 3.05) is 0 Å². The van der Waals surface area contributed by atoms with Gasteiger partial charge in [0.15, 0.2) is 0 Å². The zero-order chi connectivity index (χ0) is 8.27. The van der Waals surface area contributed by atoms with E-state index in [0.717, 1.165) is 16.6 Å². The van der Waals surface area contributed by atoms with Gasteiger partial charge < -0.3 is 5.11 Å². The van der Waals surface area contributed by atoms with Gasteiger partial charge in [-0.3, -0.25) is 0 Å². The number of rotatable bonds is 3. The van der Waals surface area contributed by atoms with Crippen LogP contribution in [0.1, 0.15) is 18.9 Å². The number of aliphatic hydroxyl groups excluding tert-OH is 1. The van der Waals surface area contributed by atoms with Crippen LogP contribution in [0.15, 0.2) is 15.2 Å². The van der Waals surface area contributed by atoms with Crippen molar-refractivity contribution < 1.29 is 5.11 Å². The highest BCUT2D eigenvalue weighted by Gasteiger charge is 1.99. The van der Waals surface area contributed by atoms with Crippen molar-refractivity contribution in [3.05, 3.63) is 20.8 Å². The van der Waals surface area contributed by atoms with Crippen LogP contribution in [0, 0.1) is 0 Å². The summed E-state index contributed by atoms with van der Waals surface area (Å²) in [5.74, 6) is 0. The molecule has 11 heavy (non-hydrogen) atoms. The third-order valence-electron chi connectivity index (χ3n) is 1.47. The summed E-state index contributed by atoms with van der Waals surface area (Å²) in [6.45, 7) is 1.82. The standard InChI is InChI=1S/C8H11BrOS/c1-6(10)2-3-7-4-8(9)11-5-7/h4-6,10H,2-3H2,1H3/t6-/m1/s1. The lowest BCUT2D eigenvalue weighted by Gasteiger charge is -2.00. The van der Waals surface area contributed by atoms with Crippen molar-refractivity contribution in [3.63, 3.8) is 0 Å². The fourth-order valence-corrected chi connectivity index (χ4v) is 2.10. The molecule has 0 bridgehead atoms. The molecule has 0 saturated heterocycles. The highest BCUT2D eigenvalue weighted by atomic mass is 79.9. The van der Waals surface area contributed by atoms with Crippen molar-refractivity contribution in [1.29, 1.82) is 0 Å². The number of hydrogen-bond acceptors (Lipinski definition) is 2. The zero-order valence-electron chi connectivity index (χ0n) is 6.38. The van der Waals surface area contributed by atoms with Crippen molar-refractivity contribution in [3.8, 4) is 0 Å². The lowest BCUT2D eigenvalue weighted by molar-refractivity contribution is 0.185. The van der Waals surface area contributed by atoms with E-state index >= 15 is 0 Å². The molecule has 0 spiro atoms. The molecule has 0 unspecified atom stereocenters. The molecule has 0 aliphatic carbocycles. The van der Waals surface area contributed by atoms with Gasteiger partial charge in [-0.15, -0.1) is 11.3 Å². The summed E-state index contributed by atoms with van der Waals surface area (Å²) in [6, 6.07) is 2.10. The average Bonchev–Trinajstić information content (AvgIpc) is 2.31.